The van der Waals surface area contributed by atoms with E-state index in [4.69, 9.17) is 0 Å². The maximum absolute atomic E-state index is 2.48. The molecule has 12 rings (SSSR count). The Bertz CT molecular complexity index is 3190. The van der Waals surface area contributed by atoms with Gasteiger partial charge < -0.3 is 4.57 Å². The molecule has 0 unspecified atom stereocenters. The van der Waals surface area contributed by atoms with Crippen molar-refractivity contribution >= 4 is 95.6 Å². The van der Waals surface area contributed by atoms with Gasteiger partial charge in [0.1, 0.15) is 0 Å². The number of nitrogens with zero attached hydrogens (tertiary/aromatic N) is 1. The topological polar surface area (TPSA) is 4.93 Å². The molecule has 0 saturated carbocycles. The zero-order chi connectivity index (χ0) is 31.8. The van der Waals surface area contributed by atoms with Gasteiger partial charge in [0.05, 0.1) is 11.0 Å². The molecular weight excluding hydrogens is 631 g/mol. The third-order valence-electron chi connectivity index (χ3n) is 10.7. The van der Waals surface area contributed by atoms with Gasteiger partial charge in [0.25, 0.3) is 0 Å². The van der Waals surface area contributed by atoms with E-state index in [1.54, 1.807) is 0 Å². The molecule has 8 aromatic carbocycles. The summed E-state index contributed by atoms with van der Waals surface area (Å²) in [6.07, 6.45) is 0. The normalized spacial score (nSPS) is 12.5. The van der Waals surface area contributed by atoms with Crippen molar-refractivity contribution < 1.29 is 0 Å². The standard InChI is InChI=1S/C46H25NS2/c1-2-9-30-29(8-1)32-13-7-12-31-28(18-19-33(30)44(31)32)26-16-21-41-36(24-26)37-25-27(17-22-42(37)48-41)47-38-14-5-3-10-34(38)45-39(47)20-23-43-46(45)35-11-4-6-15-40(35)49-43/h1-25H. The van der Waals surface area contributed by atoms with Crippen molar-refractivity contribution in [1.82, 2.24) is 4.57 Å². The first-order valence-electron chi connectivity index (χ1n) is 16.8. The van der Waals surface area contributed by atoms with E-state index in [0.717, 1.165) is 0 Å². The van der Waals surface area contributed by atoms with Crippen molar-refractivity contribution in [3.05, 3.63) is 152 Å². The summed E-state index contributed by atoms with van der Waals surface area (Å²) < 4.78 is 7.80. The van der Waals surface area contributed by atoms with Gasteiger partial charge in [0.2, 0.25) is 0 Å². The zero-order valence-electron chi connectivity index (χ0n) is 26.2. The van der Waals surface area contributed by atoms with E-state index in [9.17, 15) is 0 Å². The van der Waals surface area contributed by atoms with Gasteiger partial charge in [-0.1, -0.05) is 97.1 Å². The van der Waals surface area contributed by atoms with Crippen LogP contribution in [0.4, 0.5) is 0 Å². The van der Waals surface area contributed by atoms with Gasteiger partial charge in [-0.3, -0.25) is 0 Å². The average molecular weight is 656 g/mol. The van der Waals surface area contributed by atoms with Crippen LogP contribution in [0.2, 0.25) is 0 Å². The van der Waals surface area contributed by atoms with Gasteiger partial charge in [0, 0.05) is 56.8 Å². The first-order chi connectivity index (χ1) is 24.3. The molecule has 11 aromatic rings. The lowest BCUT2D eigenvalue weighted by Crippen LogP contribution is -1.93. The highest BCUT2D eigenvalue weighted by atomic mass is 32.1. The minimum absolute atomic E-state index is 1.20. The highest BCUT2D eigenvalue weighted by Gasteiger charge is 2.23. The Kier molecular flexibility index (Phi) is 5.06. The molecule has 0 amide bonds. The minimum atomic E-state index is 1.20. The summed E-state index contributed by atoms with van der Waals surface area (Å²) >= 11 is 3.77. The molecule has 0 aliphatic heterocycles. The second-order valence-electron chi connectivity index (χ2n) is 13.2. The molecule has 49 heavy (non-hydrogen) atoms. The van der Waals surface area contributed by atoms with Crippen LogP contribution in [-0.4, -0.2) is 4.57 Å². The van der Waals surface area contributed by atoms with Crippen LogP contribution in [0.15, 0.2) is 152 Å². The van der Waals surface area contributed by atoms with Crippen molar-refractivity contribution in [3.8, 4) is 39.1 Å². The largest absolute Gasteiger partial charge is 0.309 e. The Hall–Kier alpha value is -5.74. The molecule has 1 nitrogen and oxygen atoms in total. The SMILES string of the molecule is c1ccc2c(c1)-c1cccc3c(-c4ccc5sc6ccc(-n7c8ccccc8c8c9c(ccc87)sc7ccccc79)cc6c5c4)ccc-2c13. The summed E-state index contributed by atoms with van der Waals surface area (Å²) in [5, 5.41) is 10.7. The summed E-state index contributed by atoms with van der Waals surface area (Å²) in [5.74, 6) is 0. The number of fused-ring (bicyclic) bond motifs is 13. The molecule has 0 fully saturated rings. The van der Waals surface area contributed by atoms with E-state index in [2.05, 4.69) is 156 Å². The summed E-state index contributed by atoms with van der Waals surface area (Å²) in [7, 11) is 0. The van der Waals surface area contributed by atoms with Gasteiger partial charge in [-0.05, 0) is 98.8 Å². The maximum Gasteiger partial charge on any atom is 0.0548 e. The average Bonchev–Trinajstić information content (AvgIpc) is 3.90. The van der Waals surface area contributed by atoms with Crippen molar-refractivity contribution in [2.45, 2.75) is 0 Å². The van der Waals surface area contributed by atoms with Crippen LogP contribution in [0.1, 0.15) is 0 Å². The second kappa shape index (κ2) is 9.45. The smallest absolute Gasteiger partial charge is 0.0548 e. The molecule has 3 aromatic heterocycles. The Morgan fingerprint density at radius 3 is 1.86 bits per heavy atom. The van der Waals surface area contributed by atoms with Crippen LogP contribution in [0.5, 0.6) is 0 Å². The fraction of sp³-hybridized carbons (Fsp3) is 0. The molecule has 0 radical (unpaired) electrons. The van der Waals surface area contributed by atoms with Crippen molar-refractivity contribution in [2.75, 3.05) is 0 Å². The van der Waals surface area contributed by atoms with Crippen molar-refractivity contribution in [3.63, 3.8) is 0 Å². The van der Waals surface area contributed by atoms with Crippen LogP contribution < -0.4 is 0 Å². The lowest BCUT2D eigenvalue weighted by molar-refractivity contribution is 1.19. The predicted octanol–water partition coefficient (Wildman–Crippen LogP) is 14.0. The number of benzene rings is 8. The summed E-state index contributed by atoms with van der Waals surface area (Å²) in [5.41, 5.74) is 11.6. The molecule has 0 bridgehead atoms. The molecule has 0 N–H and O–H groups in total. The number of aromatic nitrogens is 1. The first kappa shape index (κ1) is 26.2. The van der Waals surface area contributed by atoms with Gasteiger partial charge in [0.15, 0.2) is 0 Å². The van der Waals surface area contributed by atoms with Crippen molar-refractivity contribution in [1.29, 1.82) is 0 Å². The highest BCUT2D eigenvalue weighted by Crippen LogP contribution is 2.50. The fourth-order valence-electron chi connectivity index (χ4n) is 8.68. The Morgan fingerprint density at radius 1 is 0.327 bits per heavy atom. The van der Waals surface area contributed by atoms with Gasteiger partial charge in [-0.2, -0.15) is 0 Å². The predicted molar refractivity (Wildman–Crippen MR) is 214 cm³/mol. The van der Waals surface area contributed by atoms with Crippen LogP contribution in [0, 0.1) is 0 Å². The van der Waals surface area contributed by atoms with E-state index < -0.39 is 0 Å². The highest BCUT2D eigenvalue weighted by molar-refractivity contribution is 7.26. The van der Waals surface area contributed by atoms with E-state index in [1.807, 2.05) is 22.7 Å². The maximum atomic E-state index is 2.48. The van der Waals surface area contributed by atoms with Crippen LogP contribution in [0.25, 0.3) is 112 Å². The molecule has 0 atom stereocenters. The van der Waals surface area contributed by atoms with Crippen LogP contribution >= 0.6 is 22.7 Å². The Balaban J connectivity index is 1.09. The summed E-state index contributed by atoms with van der Waals surface area (Å²) in [4.78, 5) is 0. The minimum Gasteiger partial charge on any atom is -0.309 e. The lowest BCUT2D eigenvalue weighted by atomic mass is 9.93. The zero-order valence-corrected chi connectivity index (χ0v) is 27.8. The summed E-state index contributed by atoms with van der Waals surface area (Å²) in [6, 6.07) is 56.8. The lowest BCUT2D eigenvalue weighted by Gasteiger charge is -2.10. The molecule has 1 aliphatic carbocycles. The van der Waals surface area contributed by atoms with E-state index in [1.165, 1.54) is 112 Å². The van der Waals surface area contributed by atoms with Gasteiger partial charge in [-0.15, -0.1) is 22.7 Å². The Labute approximate surface area is 289 Å². The Morgan fingerprint density at radius 2 is 0.959 bits per heavy atom. The molecule has 3 heteroatoms. The molecular formula is C46H25NS2. The van der Waals surface area contributed by atoms with Gasteiger partial charge in [-0.25, -0.2) is 0 Å². The first-order valence-corrected chi connectivity index (χ1v) is 18.4. The molecule has 3 heterocycles. The number of thiophene rings is 2. The van der Waals surface area contributed by atoms with E-state index in [0.29, 0.717) is 0 Å². The van der Waals surface area contributed by atoms with Crippen LogP contribution in [0.3, 0.4) is 0 Å². The van der Waals surface area contributed by atoms with E-state index >= 15 is 0 Å². The van der Waals surface area contributed by atoms with Crippen molar-refractivity contribution in [2.24, 2.45) is 0 Å². The summed E-state index contributed by atoms with van der Waals surface area (Å²) in [6.45, 7) is 0. The number of rotatable bonds is 2. The second-order valence-corrected chi connectivity index (χ2v) is 15.4. The molecule has 0 saturated heterocycles. The third kappa shape index (κ3) is 3.43. The quantitative estimate of drug-likeness (QED) is 0.175. The molecule has 1 aliphatic rings. The third-order valence-corrected chi connectivity index (χ3v) is 13.0. The fourth-order valence-corrected chi connectivity index (χ4v) is 10.9. The molecule has 226 valence electrons. The number of para-hydroxylation sites is 1. The number of hydrogen-bond donors (Lipinski definition) is 0. The molecule has 0 spiro atoms. The van der Waals surface area contributed by atoms with Crippen LogP contribution in [-0.2, 0) is 0 Å². The monoisotopic (exact) mass is 655 g/mol. The van der Waals surface area contributed by atoms with E-state index in [-0.39, 0.29) is 0 Å². The number of hydrogen-bond acceptors (Lipinski definition) is 2. The van der Waals surface area contributed by atoms with Gasteiger partial charge >= 0.3 is 0 Å².